The summed E-state index contributed by atoms with van der Waals surface area (Å²) in [6.45, 7) is 4.24. The Hall–Kier alpha value is -1.30. The number of aromatic nitrogens is 2. The molecule has 1 heterocycles. The van der Waals surface area contributed by atoms with E-state index in [4.69, 9.17) is 5.26 Å². The van der Waals surface area contributed by atoms with Crippen molar-refractivity contribution in [3.8, 4) is 6.07 Å². The molecule has 0 fully saturated rings. The first-order valence-corrected chi connectivity index (χ1v) is 4.05. The molecule has 0 bridgehead atoms. The largest absolute Gasteiger partial charge is 0.325 e. The van der Waals surface area contributed by atoms with Crippen LogP contribution in [0.4, 0.5) is 0 Å². The summed E-state index contributed by atoms with van der Waals surface area (Å²) in [5, 5.41) is 8.79. The molecule has 1 aromatic heterocycles. The first kappa shape index (κ1) is 8.79. The van der Waals surface area contributed by atoms with Crippen molar-refractivity contribution in [2.45, 2.75) is 20.3 Å². The number of hydrogen-bond acceptors (Lipinski definition) is 2. The van der Waals surface area contributed by atoms with Gasteiger partial charge in [-0.2, -0.15) is 5.26 Å². The van der Waals surface area contributed by atoms with E-state index < -0.39 is 0 Å². The Bertz CT molecular complexity index is 304. The van der Waals surface area contributed by atoms with E-state index in [1.165, 1.54) is 0 Å². The van der Waals surface area contributed by atoms with E-state index in [2.05, 4.69) is 24.9 Å². The maximum atomic E-state index is 8.79. The molecular formula is C9H13N3. The topological polar surface area (TPSA) is 41.6 Å². The Labute approximate surface area is 72.7 Å². The third kappa shape index (κ3) is 1.65. The van der Waals surface area contributed by atoms with Gasteiger partial charge in [0, 0.05) is 7.05 Å². The molecule has 0 aliphatic carbocycles. The second-order valence-electron chi connectivity index (χ2n) is 3.36. The molecule has 0 N–H and O–H groups in total. The average molecular weight is 163 g/mol. The molecule has 0 saturated carbocycles. The first-order valence-electron chi connectivity index (χ1n) is 4.05. The molecule has 0 saturated heterocycles. The van der Waals surface area contributed by atoms with Gasteiger partial charge in [0.05, 0.1) is 12.0 Å². The third-order valence-corrected chi connectivity index (χ3v) is 1.72. The maximum absolute atomic E-state index is 8.79. The monoisotopic (exact) mass is 163 g/mol. The van der Waals surface area contributed by atoms with Crippen LogP contribution in [-0.2, 0) is 13.5 Å². The second kappa shape index (κ2) is 3.40. The first-order chi connectivity index (χ1) is 5.65. The van der Waals surface area contributed by atoms with Crippen LogP contribution in [0.25, 0.3) is 0 Å². The van der Waals surface area contributed by atoms with E-state index >= 15 is 0 Å². The summed E-state index contributed by atoms with van der Waals surface area (Å²) in [7, 11) is 1.84. The number of nitriles is 1. The Morgan fingerprint density at radius 2 is 2.33 bits per heavy atom. The molecular weight excluding hydrogens is 150 g/mol. The molecule has 0 unspecified atom stereocenters. The molecule has 1 rings (SSSR count). The second-order valence-corrected chi connectivity index (χ2v) is 3.36. The van der Waals surface area contributed by atoms with Crippen molar-refractivity contribution in [3.63, 3.8) is 0 Å². The zero-order chi connectivity index (χ0) is 9.14. The highest BCUT2D eigenvalue weighted by atomic mass is 15.0. The zero-order valence-corrected chi connectivity index (χ0v) is 7.70. The summed E-state index contributed by atoms with van der Waals surface area (Å²) < 4.78 is 1.76. The van der Waals surface area contributed by atoms with Gasteiger partial charge < -0.3 is 4.57 Å². The maximum Gasteiger partial charge on any atom is 0.142 e. The minimum atomic E-state index is 0.548. The summed E-state index contributed by atoms with van der Waals surface area (Å²) in [6.07, 6.45) is 2.57. The van der Waals surface area contributed by atoms with Gasteiger partial charge in [-0.1, -0.05) is 13.8 Å². The van der Waals surface area contributed by atoms with Crippen molar-refractivity contribution >= 4 is 0 Å². The molecule has 12 heavy (non-hydrogen) atoms. The summed E-state index contributed by atoms with van der Waals surface area (Å²) in [4.78, 5) is 4.17. The summed E-state index contributed by atoms with van der Waals surface area (Å²) in [5.74, 6) is 0.548. The number of nitrogens with zero attached hydrogens (tertiary/aromatic N) is 3. The van der Waals surface area contributed by atoms with Crippen LogP contribution in [0.3, 0.4) is 0 Å². The fourth-order valence-electron chi connectivity index (χ4n) is 1.16. The fraction of sp³-hybridized carbons (Fsp3) is 0.556. The van der Waals surface area contributed by atoms with Crippen molar-refractivity contribution < 1.29 is 0 Å². The van der Waals surface area contributed by atoms with Crippen LogP contribution < -0.4 is 0 Å². The number of aryl methyl sites for hydroxylation is 1. The lowest BCUT2D eigenvalue weighted by atomic mass is 10.1. The molecule has 3 heteroatoms. The smallest absolute Gasteiger partial charge is 0.142 e. The lowest BCUT2D eigenvalue weighted by Crippen LogP contribution is -1.98. The number of imidazole rings is 1. The molecule has 0 spiro atoms. The van der Waals surface area contributed by atoms with Crippen molar-refractivity contribution in [2.24, 2.45) is 13.0 Å². The van der Waals surface area contributed by atoms with Gasteiger partial charge in [0.1, 0.15) is 11.8 Å². The van der Waals surface area contributed by atoms with E-state index in [0.29, 0.717) is 11.6 Å². The molecule has 64 valence electrons. The van der Waals surface area contributed by atoms with Crippen LogP contribution in [0.5, 0.6) is 0 Å². The number of rotatable bonds is 2. The highest BCUT2D eigenvalue weighted by molar-refractivity contribution is 5.27. The summed E-state index contributed by atoms with van der Waals surface area (Å²) >= 11 is 0. The van der Waals surface area contributed by atoms with E-state index in [9.17, 15) is 0 Å². The minimum Gasteiger partial charge on any atom is -0.325 e. The third-order valence-electron chi connectivity index (χ3n) is 1.72. The van der Waals surface area contributed by atoms with Crippen LogP contribution in [0.15, 0.2) is 6.33 Å². The van der Waals surface area contributed by atoms with Crippen molar-refractivity contribution in [1.29, 1.82) is 5.26 Å². The Morgan fingerprint density at radius 3 is 2.83 bits per heavy atom. The molecule has 3 nitrogen and oxygen atoms in total. The Morgan fingerprint density at radius 1 is 1.67 bits per heavy atom. The highest BCUT2D eigenvalue weighted by Gasteiger charge is 2.08. The predicted molar refractivity (Wildman–Crippen MR) is 46.5 cm³/mol. The molecule has 0 aromatic carbocycles. The van der Waals surface area contributed by atoms with E-state index in [-0.39, 0.29) is 0 Å². The van der Waals surface area contributed by atoms with Crippen LogP contribution in [0.1, 0.15) is 25.2 Å². The molecule has 0 radical (unpaired) electrons. The minimum absolute atomic E-state index is 0.548. The lowest BCUT2D eigenvalue weighted by Gasteiger charge is -2.00. The van der Waals surface area contributed by atoms with Gasteiger partial charge in [-0.3, -0.25) is 0 Å². The van der Waals surface area contributed by atoms with Gasteiger partial charge in [-0.25, -0.2) is 4.98 Å². The predicted octanol–water partition coefficient (Wildman–Crippen LogP) is 1.49. The van der Waals surface area contributed by atoms with Crippen molar-refractivity contribution in [1.82, 2.24) is 9.55 Å². The molecule has 0 aliphatic heterocycles. The van der Waals surface area contributed by atoms with Crippen LogP contribution in [-0.4, -0.2) is 9.55 Å². The fourth-order valence-corrected chi connectivity index (χ4v) is 1.16. The van der Waals surface area contributed by atoms with Crippen LogP contribution in [0, 0.1) is 17.2 Å². The normalized spacial score (nSPS) is 10.2. The van der Waals surface area contributed by atoms with Crippen LogP contribution in [0.2, 0.25) is 0 Å². The summed E-state index contributed by atoms with van der Waals surface area (Å²) in [5.41, 5.74) is 1.60. The quantitative estimate of drug-likeness (QED) is 0.662. The molecule has 1 aromatic rings. The summed E-state index contributed by atoms with van der Waals surface area (Å²) in [6, 6.07) is 2.15. The van der Waals surface area contributed by atoms with E-state index in [1.54, 1.807) is 10.9 Å². The van der Waals surface area contributed by atoms with Gasteiger partial charge in [0.2, 0.25) is 0 Å². The van der Waals surface area contributed by atoms with Crippen LogP contribution >= 0.6 is 0 Å². The van der Waals surface area contributed by atoms with Gasteiger partial charge in [-0.05, 0) is 12.3 Å². The lowest BCUT2D eigenvalue weighted by molar-refractivity contribution is 0.635. The van der Waals surface area contributed by atoms with Gasteiger partial charge in [0.25, 0.3) is 0 Å². The van der Waals surface area contributed by atoms with Crippen molar-refractivity contribution in [2.75, 3.05) is 0 Å². The van der Waals surface area contributed by atoms with E-state index in [1.807, 2.05) is 7.05 Å². The van der Waals surface area contributed by atoms with Gasteiger partial charge >= 0.3 is 0 Å². The highest BCUT2D eigenvalue weighted by Crippen LogP contribution is 2.10. The molecule has 0 aliphatic rings. The average Bonchev–Trinajstić information content (AvgIpc) is 2.30. The molecule has 0 atom stereocenters. The SMILES string of the molecule is CC(C)Cc1ncn(C)c1C#N. The van der Waals surface area contributed by atoms with Gasteiger partial charge in [0.15, 0.2) is 0 Å². The van der Waals surface area contributed by atoms with E-state index in [0.717, 1.165) is 12.1 Å². The van der Waals surface area contributed by atoms with Crippen molar-refractivity contribution in [3.05, 3.63) is 17.7 Å². The standard InChI is InChI=1S/C9H13N3/c1-7(2)4-8-9(5-10)12(3)6-11-8/h6-7H,4H2,1-3H3. The Kier molecular flexibility index (Phi) is 2.49. The number of hydrogen-bond donors (Lipinski definition) is 0. The Balaban J connectivity index is 2.94. The molecule has 0 amide bonds. The van der Waals surface area contributed by atoms with Gasteiger partial charge in [-0.15, -0.1) is 0 Å². The zero-order valence-electron chi connectivity index (χ0n) is 7.70.